The predicted octanol–water partition coefficient (Wildman–Crippen LogP) is -6.39. The van der Waals surface area contributed by atoms with E-state index in [2.05, 4.69) is 47.5 Å². The summed E-state index contributed by atoms with van der Waals surface area (Å²) >= 11 is 0. The van der Waals surface area contributed by atoms with Crippen LogP contribution in [0.25, 0.3) is 0 Å². The van der Waals surface area contributed by atoms with Gasteiger partial charge in [0.1, 0.15) is 48.3 Å². The smallest absolute Gasteiger partial charge is 0.245 e. The molecule has 358 valence electrons. The van der Waals surface area contributed by atoms with Gasteiger partial charge in [0.2, 0.25) is 47.3 Å². The SMILES string of the molecule is CC(C)CC1NC(=O)C(Cc2ccccc2)NC(=O)[C@H](CCN)NC(=O)C(NC(=O)[C@H](CCN)N=C(N)N)CCNC(=O)[C@H]([C@@H](C)O)NC(=O)[C@H](CCN)NC(=O)C(CCN)NC1=O. The minimum Gasteiger partial charge on any atom is -0.391 e. The van der Waals surface area contributed by atoms with Crippen molar-refractivity contribution in [3.8, 4) is 0 Å². The van der Waals surface area contributed by atoms with Crippen LogP contribution in [0, 0.1) is 5.92 Å². The fourth-order valence-corrected chi connectivity index (χ4v) is 6.67. The van der Waals surface area contributed by atoms with Gasteiger partial charge >= 0.3 is 0 Å². The molecule has 1 heterocycles. The molecule has 1 saturated heterocycles. The summed E-state index contributed by atoms with van der Waals surface area (Å²) in [5.74, 6) is -7.31. The molecule has 0 aromatic heterocycles. The maximum Gasteiger partial charge on any atom is 0.245 e. The third-order valence-corrected chi connectivity index (χ3v) is 10.00. The topological polar surface area (TPSA) is 422 Å². The van der Waals surface area contributed by atoms with E-state index in [4.69, 9.17) is 34.4 Å². The molecule has 0 bridgehead atoms. The lowest BCUT2D eigenvalue weighted by Gasteiger charge is -2.28. The van der Waals surface area contributed by atoms with E-state index in [0.717, 1.165) is 0 Å². The van der Waals surface area contributed by atoms with Crippen molar-refractivity contribution in [3.63, 3.8) is 0 Å². The monoisotopic (exact) mass is 904 g/mol. The lowest BCUT2D eigenvalue weighted by molar-refractivity contribution is -0.136. The van der Waals surface area contributed by atoms with Crippen molar-refractivity contribution in [2.45, 2.75) is 120 Å². The second-order valence-corrected chi connectivity index (χ2v) is 15.9. The van der Waals surface area contributed by atoms with Gasteiger partial charge in [0.25, 0.3) is 0 Å². The summed E-state index contributed by atoms with van der Waals surface area (Å²) in [6.07, 6.45) is -2.13. The summed E-state index contributed by atoms with van der Waals surface area (Å²) in [6, 6.07) is -2.19. The number of nitrogens with zero attached hydrogens (tertiary/aromatic N) is 1. The van der Waals surface area contributed by atoms with Crippen molar-refractivity contribution in [3.05, 3.63) is 35.9 Å². The Hall–Kier alpha value is -5.95. The highest BCUT2D eigenvalue weighted by Gasteiger charge is 2.35. The van der Waals surface area contributed by atoms with Gasteiger partial charge in [-0.15, -0.1) is 0 Å². The Morgan fingerprint density at radius 1 is 0.672 bits per heavy atom. The quantitative estimate of drug-likeness (QED) is 0.0542. The number of guanidine groups is 1. The summed E-state index contributed by atoms with van der Waals surface area (Å²) in [4.78, 5) is 114. The highest BCUT2D eigenvalue weighted by Crippen LogP contribution is 2.11. The van der Waals surface area contributed by atoms with Crippen LogP contribution in [0.3, 0.4) is 0 Å². The molecule has 0 saturated carbocycles. The first kappa shape index (κ1) is 54.2. The van der Waals surface area contributed by atoms with E-state index in [1.54, 1.807) is 30.3 Å². The lowest BCUT2D eigenvalue weighted by Crippen LogP contribution is -2.61. The number of aliphatic imine (C=N–C) groups is 1. The standard InChI is InChI=1S/C40H69N15O9/c1-21(2)19-29-37(62)50-24(9-14-41)32(57)49-26(11-16-43)36(61)55-31(22(3)56)39(64)47-18-13-28(51-34(59)27(12-17-44)54-40(45)46)35(60)48-25(10-15-42)33(58)53-30(38(63)52-29)20-23-7-5-4-6-8-23/h4-8,21-22,24-31,56H,9-20,41-44H2,1-3H3,(H,47,64)(H,48,60)(H,49,57)(H,50,62)(H,51,59)(H,52,63)(H,53,58)(H,55,61)(H4,45,46,54)/t22-,24?,25+,26+,27+,28?,29?,30?,31+/m1/s1. The zero-order chi connectivity index (χ0) is 47.9. The van der Waals surface area contributed by atoms with Gasteiger partial charge in [-0.2, -0.15) is 0 Å². The molecular formula is C40H69N15O9. The van der Waals surface area contributed by atoms with Gasteiger partial charge in [0.05, 0.1) is 6.10 Å². The number of hydrogen-bond donors (Lipinski definition) is 15. The molecule has 2 rings (SSSR count). The molecule has 1 fully saturated rings. The van der Waals surface area contributed by atoms with Crippen molar-refractivity contribution >= 4 is 53.2 Å². The van der Waals surface area contributed by atoms with E-state index in [-0.39, 0.29) is 83.6 Å². The molecule has 0 spiro atoms. The second-order valence-electron chi connectivity index (χ2n) is 15.9. The summed E-state index contributed by atoms with van der Waals surface area (Å²) in [5.41, 5.74) is 34.8. The van der Waals surface area contributed by atoms with Crippen molar-refractivity contribution in [1.82, 2.24) is 42.5 Å². The highest BCUT2D eigenvalue weighted by molar-refractivity contribution is 5.98. The van der Waals surface area contributed by atoms with Crippen LogP contribution in [0.15, 0.2) is 35.3 Å². The van der Waals surface area contributed by atoms with Crippen LogP contribution >= 0.6 is 0 Å². The van der Waals surface area contributed by atoms with Gasteiger partial charge in [-0.3, -0.25) is 38.4 Å². The third kappa shape index (κ3) is 18.4. The van der Waals surface area contributed by atoms with Gasteiger partial charge in [-0.1, -0.05) is 44.2 Å². The third-order valence-electron chi connectivity index (χ3n) is 10.00. The average Bonchev–Trinajstić information content (AvgIpc) is 3.23. The molecule has 24 nitrogen and oxygen atoms in total. The molecular weight excluding hydrogens is 835 g/mol. The number of hydrogen-bond acceptors (Lipinski definition) is 14. The fraction of sp³-hybridized carbons (Fsp3) is 0.625. The Labute approximate surface area is 372 Å². The number of aliphatic hydroxyl groups is 1. The molecule has 1 aromatic carbocycles. The number of carbonyl (C=O) groups is 8. The maximum absolute atomic E-state index is 14.2. The summed E-state index contributed by atoms with van der Waals surface area (Å²) < 4.78 is 0. The van der Waals surface area contributed by atoms with Crippen molar-refractivity contribution in [2.24, 2.45) is 45.3 Å². The predicted molar refractivity (Wildman–Crippen MR) is 237 cm³/mol. The van der Waals surface area contributed by atoms with Crippen molar-refractivity contribution in [1.29, 1.82) is 0 Å². The average molecular weight is 904 g/mol. The second kappa shape index (κ2) is 28.0. The van der Waals surface area contributed by atoms with Gasteiger partial charge in [-0.05, 0) is 83.1 Å². The van der Waals surface area contributed by atoms with E-state index in [1.807, 2.05) is 13.8 Å². The number of nitrogens with one attached hydrogen (secondary N) is 8. The molecule has 8 amide bonds. The Balaban J connectivity index is 2.73. The minimum absolute atomic E-state index is 0.0162. The number of benzene rings is 1. The van der Waals surface area contributed by atoms with Gasteiger partial charge < -0.3 is 82.0 Å². The molecule has 9 atom stereocenters. The van der Waals surface area contributed by atoms with Crippen LogP contribution in [0.5, 0.6) is 0 Å². The molecule has 1 aliphatic rings. The largest absolute Gasteiger partial charge is 0.391 e. The van der Waals surface area contributed by atoms with Crippen LogP contribution in [0.2, 0.25) is 0 Å². The first-order valence-electron chi connectivity index (χ1n) is 21.4. The van der Waals surface area contributed by atoms with Crippen LogP contribution in [-0.4, -0.2) is 145 Å². The van der Waals surface area contributed by atoms with Gasteiger partial charge in [0, 0.05) is 13.0 Å². The van der Waals surface area contributed by atoms with Crippen molar-refractivity contribution < 1.29 is 43.5 Å². The molecule has 24 heteroatoms. The normalized spacial score (nSPS) is 24.6. The summed E-state index contributed by atoms with van der Waals surface area (Å²) in [5, 5.41) is 31.2. The first-order valence-corrected chi connectivity index (χ1v) is 21.4. The summed E-state index contributed by atoms with van der Waals surface area (Å²) in [7, 11) is 0. The Kier molecular flexibility index (Phi) is 23.7. The zero-order valence-corrected chi connectivity index (χ0v) is 36.8. The fourth-order valence-electron chi connectivity index (χ4n) is 6.67. The number of amides is 8. The van der Waals surface area contributed by atoms with Crippen molar-refractivity contribution in [2.75, 3.05) is 32.7 Å². The number of nitrogens with two attached hydrogens (primary N) is 6. The van der Waals surface area contributed by atoms with E-state index in [1.165, 1.54) is 6.92 Å². The molecule has 4 unspecified atom stereocenters. The molecule has 0 aliphatic carbocycles. The van der Waals surface area contributed by atoms with Gasteiger partial charge in [-0.25, -0.2) is 4.99 Å². The van der Waals surface area contributed by atoms with Gasteiger partial charge in [0.15, 0.2) is 5.96 Å². The van der Waals surface area contributed by atoms with E-state index in [9.17, 15) is 43.5 Å². The number of rotatable bonds is 16. The molecule has 1 aromatic rings. The number of aliphatic hydroxyl groups excluding tert-OH is 1. The zero-order valence-electron chi connectivity index (χ0n) is 36.8. The molecule has 21 N–H and O–H groups in total. The van der Waals surface area contributed by atoms with Crippen LogP contribution in [0.4, 0.5) is 0 Å². The lowest BCUT2D eigenvalue weighted by atomic mass is 10.00. The minimum atomic E-state index is -1.59. The molecule has 0 radical (unpaired) electrons. The number of carbonyl (C=O) groups excluding carboxylic acids is 8. The van der Waals surface area contributed by atoms with E-state index in [0.29, 0.717) is 5.56 Å². The van der Waals surface area contributed by atoms with E-state index >= 15 is 0 Å². The van der Waals surface area contributed by atoms with Crippen LogP contribution in [-0.2, 0) is 44.8 Å². The van der Waals surface area contributed by atoms with Crippen LogP contribution < -0.4 is 76.9 Å². The maximum atomic E-state index is 14.2. The Morgan fingerprint density at radius 3 is 1.62 bits per heavy atom. The van der Waals surface area contributed by atoms with E-state index < -0.39 is 108 Å². The summed E-state index contributed by atoms with van der Waals surface area (Å²) in [6.45, 7) is 4.21. The Morgan fingerprint density at radius 2 is 1.14 bits per heavy atom. The highest BCUT2D eigenvalue weighted by atomic mass is 16.3. The molecule has 64 heavy (non-hydrogen) atoms. The molecule has 1 aliphatic heterocycles. The Bertz CT molecular complexity index is 1750. The first-order chi connectivity index (χ1) is 30.3. The van der Waals surface area contributed by atoms with Crippen LogP contribution in [0.1, 0.15) is 64.9 Å².